The van der Waals surface area contributed by atoms with Gasteiger partial charge in [0.2, 0.25) is 0 Å². The van der Waals surface area contributed by atoms with Crippen molar-refractivity contribution >= 4 is 40.6 Å². The topological polar surface area (TPSA) is 116 Å². The van der Waals surface area contributed by atoms with Crippen LogP contribution in [0.5, 0.6) is 0 Å². The fourth-order valence-corrected chi connectivity index (χ4v) is 10.3. The van der Waals surface area contributed by atoms with Crippen LogP contribution in [0.2, 0.25) is 0 Å². The van der Waals surface area contributed by atoms with Gasteiger partial charge in [-0.3, -0.25) is 9.59 Å². The number of allylic oxidation sites excluding steroid dienone is 4. The molecule has 9 atom stereocenters. The summed E-state index contributed by atoms with van der Waals surface area (Å²) in [6, 6.07) is 8.63. The number of likely N-dealkylation sites (tertiary alicyclic amines) is 1. The third-order valence-electron chi connectivity index (χ3n) is 11.6. The van der Waals surface area contributed by atoms with Crippen molar-refractivity contribution in [2.75, 3.05) is 25.1 Å². The first-order chi connectivity index (χ1) is 20.0. The van der Waals surface area contributed by atoms with Crippen LogP contribution in [-0.2, 0) is 19.1 Å². The number of benzene rings is 1. The van der Waals surface area contributed by atoms with Crippen molar-refractivity contribution in [3.8, 4) is 0 Å². The van der Waals surface area contributed by atoms with Crippen molar-refractivity contribution in [2.45, 2.75) is 58.6 Å². The molecule has 8 nitrogen and oxygen atoms in total. The minimum absolute atomic E-state index is 0.0172. The van der Waals surface area contributed by atoms with Gasteiger partial charge in [-0.15, -0.1) is 0 Å². The molecule has 9 heteroatoms. The second kappa shape index (κ2) is 10.4. The first kappa shape index (κ1) is 29.2. The zero-order valence-electron chi connectivity index (χ0n) is 24.4. The first-order valence-corrected chi connectivity index (χ1v) is 15.5. The van der Waals surface area contributed by atoms with Gasteiger partial charge in [0.25, 0.3) is 0 Å². The molecule has 42 heavy (non-hydrogen) atoms. The second-order valence-electron chi connectivity index (χ2n) is 13.2. The highest BCUT2D eigenvalue weighted by atomic mass is 32.1. The summed E-state index contributed by atoms with van der Waals surface area (Å²) in [7, 11) is 0. The Morgan fingerprint density at radius 2 is 1.93 bits per heavy atom. The van der Waals surface area contributed by atoms with E-state index < -0.39 is 46.9 Å². The fourth-order valence-electron chi connectivity index (χ4n) is 9.99. The van der Waals surface area contributed by atoms with E-state index in [0.717, 1.165) is 24.1 Å². The van der Waals surface area contributed by atoms with Crippen LogP contribution in [0.25, 0.3) is 0 Å². The van der Waals surface area contributed by atoms with Crippen molar-refractivity contribution in [1.29, 1.82) is 0 Å². The van der Waals surface area contributed by atoms with Crippen molar-refractivity contribution in [3.05, 3.63) is 54.1 Å². The number of rotatable bonds is 5. The van der Waals surface area contributed by atoms with Crippen LogP contribution in [0.3, 0.4) is 0 Å². The number of aliphatic hydroxyl groups is 2. The van der Waals surface area contributed by atoms with E-state index in [9.17, 15) is 24.6 Å². The van der Waals surface area contributed by atoms with Crippen molar-refractivity contribution in [2.24, 2.45) is 39.9 Å². The van der Waals surface area contributed by atoms with Gasteiger partial charge in [-0.1, -0.05) is 43.7 Å². The highest BCUT2D eigenvalue weighted by Crippen LogP contribution is 2.73. The standard InChI is InChI=1S/C33H40N2O6S/c1-4-41-29(40)28-24-15-23-22-11-10-19-14-21(37)12-13-31(19,2)27(22)25(38)16-32(23,3)33(24,26(39)17-36)18-35(28)30(42)34-20-8-6-5-7-9-20/h5-9,12-14,22-25,27-28,36,38H,4,10-11,15-18H2,1-3H3,(H,34,42)/t22-,23-,24-,25-,27+,28?,31-,32-,33+/m0/s1. The quantitative estimate of drug-likeness (QED) is 0.348. The predicted octanol–water partition coefficient (Wildman–Crippen LogP) is 3.68. The van der Waals surface area contributed by atoms with Crippen LogP contribution in [0.1, 0.15) is 46.5 Å². The number of fused-ring (bicyclic) bond motifs is 7. The Balaban J connectivity index is 1.43. The molecule has 0 bridgehead atoms. The molecule has 4 fully saturated rings. The molecule has 1 aliphatic heterocycles. The van der Waals surface area contributed by atoms with Crippen molar-refractivity contribution in [3.63, 3.8) is 0 Å². The van der Waals surface area contributed by atoms with Gasteiger partial charge in [-0.25, -0.2) is 4.79 Å². The van der Waals surface area contributed by atoms with Crippen LogP contribution in [0, 0.1) is 39.9 Å². The Kier molecular flexibility index (Phi) is 7.22. The normalized spacial score (nSPS) is 39.9. The number of ether oxygens (including phenoxy) is 1. The number of thiocarbonyl (C=S) groups is 1. The number of esters is 1. The number of nitrogens with one attached hydrogen (secondary N) is 1. The minimum atomic E-state index is -1.10. The molecule has 1 aromatic rings. The van der Waals surface area contributed by atoms with Gasteiger partial charge >= 0.3 is 5.97 Å². The summed E-state index contributed by atoms with van der Waals surface area (Å²) in [4.78, 5) is 41.8. The third kappa shape index (κ3) is 3.99. The zero-order chi connectivity index (χ0) is 30.0. The highest BCUT2D eigenvalue weighted by Gasteiger charge is 2.76. The zero-order valence-corrected chi connectivity index (χ0v) is 25.2. The number of carbonyl (C=O) groups excluding carboxylic acids is 3. The lowest BCUT2D eigenvalue weighted by molar-refractivity contribution is -0.158. The molecular formula is C33H40N2O6S. The molecule has 1 saturated heterocycles. The molecule has 224 valence electrons. The molecule has 5 aliphatic rings. The average Bonchev–Trinajstić information content (AvgIpc) is 3.44. The molecular weight excluding hydrogens is 552 g/mol. The van der Waals surface area contributed by atoms with Crippen molar-refractivity contribution in [1.82, 2.24) is 4.90 Å². The molecule has 0 radical (unpaired) electrons. The lowest BCUT2D eigenvalue weighted by Crippen LogP contribution is -2.60. The summed E-state index contributed by atoms with van der Waals surface area (Å²) < 4.78 is 5.59. The van der Waals surface area contributed by atoms with E-state index in [2.05, 4.69) is 19.2 Å². The Bertz CT molecular complexity index is 1380. The van der Waals surface area contributed by atoms with E-state index in [1.807, 2.05) is 36.4 Å². The van der Waals surface area contributed by atoms with E-state index in [1.54, 1.807) is 24.0 Å². The van der Waals surface area contributed by atoms with E-state index in [1.165, 1.54) is 0 Å². The number of para-hydroxylation sites is 1. The molecule has 1 unspecified atom stereocenters. The fraction of sp³-hybridized carbons (Fsp3) is 0.576. The summed E-state index contributed by atoms with van der Waals surface area (Å²) in [5.41, 5.74) is -0.412. The Hall–Kier alpha value is -2.88. The smallest absolute Gasteiger partial charge is 0.329 e. The van der Waals surface area contributed by atoms with Gasteiger partial charge in [0.05, 0.1) is 18.1 Å². The number of Topliss-reactive ketones (excluding diaryl/α,β-unsaturated/α-hetero) is 1. The summed E-state index contributed by atoms with van der Waals surface area (Å²) >= 11 is 5.86. The molecule has 6 rings (SSSR count). The van der Waals surface area contributed by atoms with Gasteiger partial charge in [-0.2, -0.15) is 0 Å². The molecule has 1 aromatic carbocycles. The number of ketones is 2. The molecule has 0 amide bonds. The minimum Gasteiger partial charge on any atom is -0.464 e. The average molecular weight is 593 g/mol. The lowest BCUT2D eigenvalue weighted by Gasteiger charge is -2.60. The molecule has 0 aromatic heterocycles. The van der Waals surface area contributed by atoms with Gasteiger partial charge in [-0.05, 0) is 86.4 Å². The first-order valence-electron chi connectivity index (χ1n) is 15.1. The molecule has 3 saturated carbocycles. The molecule has 3 N–H and O–H groups in total. The maximum Gasteiger partial charge on any atom is 0.329 e. The second-order valence-corrected chi connectivity index (χ2v) is 13.6. The van der Waals surface area contributed by atoms with Crippen LogP contribution in [0.15, 0.2) is 54.1 Å². The number of aliphatic hydroxyl groups excluding tert-OH is 2. The Morgan fingerprint density at radius 1 is 1.19 bits per heavy atom. The maximum atomic E-state index is 14.1. The number of hydrogen-bond donors (Lipinski definition) is 3. The van der Waals surface area contributed by atoms with Gasteiger partial charge in [0.15, 0.2) is 16.7 Å². The van der Waals surface area contributed by atoms with Crippen LogP contribution >= 0.6 is 12.2 Å². The monoisotopic (exact) mass is 592 g/mol. The largest absolute Gasteiger partial charge is 0.464 e. The van der Waals surface area contributed by atoms with E-state index in [0.29, 0.717) is 18.0 Å². The summed E-state index contributed by atoms with van der Waals surface area (Å²) in [5.74, 6) is -1.20. The molecule has 1 heterocycles. The Morgan fingerprint density at radius 3 is 2.62 bits per heavy atom. The lowest BCUT2D eigenvalue weighted by atomic mass is 9.44. The van der Waals surface area contributed by atoms with Gasteiger partial charge < -0.3 is 25.2 Å². The summed E-state index contributed by atoms with van der Waals surface area (Å²) in [5, 5.41) is 25.9. The van der Waals surface area contributed by atoms with Crippen molar-refractivity contribution < 1.29 is 29.3 Å². The van der Waals surface area contributed by atoms with E-state index in [4.69, 9.17) is 17.0 Å². The van der Waals surface area contributed by atoms with Gasteiger partial charge in [0.1, 0.15) is 12.6 Å². The van der Waals surface area contributed by atoms with Crippen LogP contribution in [0.4, 0.5) is 5.69 Å². The number of hydrogen-bond acceptors (Lipinski definition) is 7. The summed E-state index contributed by atoms with van der Waals surface area (Å²) in [6.07, 6.45) is 7.06. The van der Waals surface area contributed by atoms with Crippen LogP contribution in [-0.4, -0.2) is 69.7 Å². The van der Waals surface area contributed by atoms with E-state index in [-0.39, 0.29) is 42.5 Å². The van der Waals surface area contributed by atoms with Crippen LogP contribution < -0.4 is 5.32 Å². The number of anilines is 1. The Labute approximate surface area is 252 Å². The SMILES string of the molecule is CCOC(=O)C1[C@@H]2C[C@H]3[C@@H]4CCC5=CC(=O)C=C[C@]5(C)[C@H]4[C@@H](O)C[C@]3(C)[C@]2(C(=O)CO)CN1C(=S)Nc1ccccc1. The number of nitrogens with zero attached hydrogens (tertiary/aromatic N) is 1. The van der Waals surface area contributed by atoms with E-state index >= 15 is 0 Å². The summed E-state index contributed by atoms with van der Waals surface area (Å²) in [6.45, 7) is 5.66. The van der Waals surface area contributed by atoms with Gasteiger partial charge in [0, 0.05) is 29.5 Å². The number of carbonyl (C=O) groups is 3. The highest BCUT2D eigenvalue weighted by molar-refractivity contribution is 7.80. The maximum absolute atomic E-state index is 14.1. The predicted molar refractivity (Wildman–Crippen MR) is 161 cm³/mol. The molecule has 0 spiro atoms. The molecule has 4 aliphatic carbocycles. The third-order valence-corrected chi connectivity index (χ3v) is 12.0.